The molecular weight excluding hydrogens is 257 g/mol. The molecule has 2 aromatic rings. The summed E-state index contributed by atoms with van der Waals surface area (Å²) in [5.74, 6) is -0.546. The van der Waals surface area contributed by atoms with E-state index in [9.17, 15) is 9.18 Å². The average molecular weight is 273 g/mol. The molecule has 0 atom stereocenters. The quantitative estimate of drug-likeness (QED) is 0.659. The van der Waals surface area contributed by atoms with Crippen molar-refractivity contribution in [1.82, 2.24) is 9.99 Å². The maximum Gasteiger partial charge on any atom is 0.244 e. The minimum absolute atomic E-state index is 0.173. The number of aromatic nitrogens is 1. The van der Waals surface area contributed by atoms with Crippen LogP contribution in [0.2, 0.25) is 0 Å². The molecule has 5 heteroatoms. The van der Waals surface area contributed by atoms with E-state index in [1.807, 2.05) is 29.8 Å². The molecule has 1 amide bonds. The Bertz CT molecular complexity index is 602. The second-order valence-electron chi connectivity index (χ2n) is 4.32. The SMILES string of the molecule is CCn1cccc1/C=N/NC(=O)Cc1ccc(F)cc1. The first-order valence-electron chi connectivity index (χ1n) is 6.40. The highest BCUT2D eigenvalue weighted by Gasteiger charge is 2.02. The highest BCUT2D eigenvalue weighted by molar-refractivity contribution is 5.82. The Morgan fingerprint density at radius 3 is 2.80 bits per heavy atom. The highest BCUT2D eigenvalue weighted by atomic mass is 19.1. The summed E-state index contributed by atoms with van der Waals surface area (Å²) >= 11 is 0. The van der Waals surface area contributed by atoms with Crippen LogP contribution < -0.4 is 5.43 Å². The lowest BCUT2D eigenvalue weighted by Crippen LogP contribution is -2.20. The predicted octanol–water partition coefficient (Wildman–Crippen LogP) is 2.34. The summed E-state index contributed by atoms with van der Waals surface area (Å²) in [7, 11) is 0. The monoisotopic (exact) mass is 273 g/mol. The number of hydrazone groups is 1. The number of nitrogens with one attached hydrogen (secondary N) is 1. The molecule has 0 aliphatic carbocycles. The lowest BCUT2D eigenvalue weighted by molar-refractivity contribution is -0.120. The first kappa shape index (κ1) is 14.0. The molecule has 4 nitrogen and oxygen atoms in total. The normalized spacial score (nSPS) is 10.9. The summed E-state index contributed by atoms with van der Waals surface area (Å²) in [6.45, 7) is 2.88. The number of aryl methyl sites for hydroxylation is 1. The van der Waals surface area contributed by atoms with E-state index < -0.39 is 0 Å². The molecule has 2 rings (SSSR count). The van der Waals surface area contributed by atoms with Gasteiger partial charge in [-0.15, -0.1) is 0 Å². The van der Waals surface area contributed by atoms with Crippen LogP contribution in [-0.2, 0) is 17.8 Å². The van der Waals surface area contributed by atoms with Crippen LogP contribution in [0.1, 0.15) is 18.2 Å². The van der Waals surface area contributed by atoms with Crippen molar-refractivity contribution < 1.29 is 9.18 Å². The van der Waals surface area contributed by atoms with E-state index in [0.29, 0.717) is 0 Å². The van der Waals surface area contributed by atoms with Crippen molar-refractivity contribution in [3.05, 3.63) is 59.7 Å². The van der Waals surface area contributed by atoms with Gasteiger partial charge in [-0.3, -0.25) is 4.79 Å². The number of hydrogen-bond acceptors (Lipinski definition) is 2. The van der Waals surface area contributed by atoms with Crippen molar-refractivity contribution in [2.24, 2.45) is 5.10 Å². The number of benzene rings is 1. The molecule has 0 bridgehead atoms. The fourth-order valence-electron chi connectivity index (χ4n) is 1.83. The zero-order valence-corrected chi connectivity index (χ0v) is 11.2. The minimum Gasteiger partial charge on any atom is -0.347 e. The molecule has 0 fully saturated rings. The number of nitrogens with zero attached hydrogens (tertiary/aromatic N) is 2. The van der Waals surface area contributed by atoms with E-state index >= 15 is 0 Å². The number of carbonyl (C=O) groups is 1. The fraction of sp³-hybridized carbons (Fsp3) is 0.200. The number of hydrogen-bond donors (Lipinski definition) is 1. The van der Waals surface area contributed by atoms with E-state index in [2.05, 4.69) is 10.5 Å². The van der Waals surface area contributed by atoms with Gasteiger partial charge in [-0.2, -0.15) is 5.10 Å². The van der Waals surface area contributed by atoms with Gasteiger partial charge in [-0.1, -0.05) is 12.1 Å². The molecular formula is C15H16FN3O. The molecule has 1 N–H and O–H groups in total. The summed E-state index contributed by atoms with van der Waals surface area (Å²) in [4.78, 5) is 11.7. The fourth-order valence-corrected chi connectivity index (χ4v) is 1.83. The molecule has 1 aromatic carbocycles. The molecule has 1 aromatic heterocycles. The van der Waals surface area contributed by atoms with Crippen LogP contribution in [0.15, 0.2) is 47.7 Å². The Labute approximate surface area is 116 Å². The van der Waals surface area contributed by atoms with Gasteiger partial charge in [0.25, 0.3) is 0 Å². The number of amides is 1. The zero-order chi connectivity index (χ0) is 14.4. The van der Waals surface area contributed by atoms with E-state index in [4.69, 9.17) is 0 Å². The van der Waals surface area contributed by atoms with E-state index in [-0.39, 0.29) is 18.1 Å². The second-order valence-corrected chi connectivity index (χ2v) is 4.32. The van der Waals surface area contributed by atoms with E-state index in [1.54, 1.807) is 18.3 Å². The van der Waals surface area contributed by atoms with Gasteiger partial charge >= 0.3 is 0 Å². The van der Waals surface area contributed by atoms with Gasteiger partial charge in [-0.25, -0.2) is 9.82 Å². The van der Waals surface area contributed by atoms with Crippen LogP contribution in [0.3, 0.4) is 0 Å². The largest absolute Gasteiger partial charge is 0.347 e. The van der Waals surface area contributed by atoms with E-state index in [0.717, 1.165) is 17.8 Å². The average Bonchev–Trinajstić information content (AvgIpc) is 2.89. The maximum atomic E-state index is 12.7. The Kier molecular flexibility index (Phi) is 4.65. The Morgan fingerprint density at radius 1 is 1.35 bits per heavy atom. The lowest BCUT2D eigenvalue weighted by Gasteiger charge is -2.02. The van der Waals surface area contributed by atoms with Gasteiger partial charge in [0.2, 0.25) is 5.91 Å². The topological polar surface area (TPSA) is 46.4 Å². The molecule has 1 heterocycles. The Balaban J connectivity index is 1.87. The molecule has 0 radical (unpaired) electrons. The molecule has 0 spiro atoms. The number of carbonyl (C=O) groups excluding carboxylic acids is 1. The Morgan fingerprint density at radius 2 is 2.10 bits per heavy atom. The van der Waals surface area contributed by atoms with Crippen molar-refractivity contribution >= 4 is 12.1 Å². The van der Waals surface area contributed by atoms with Crippen molar-refractivity contribution in [2.75, 3.05) is 0 Å². The minimum atomic E-state index is -0.312. The standard InChI is InChI=1S/C15H16FN3O/c1-2-19-9-3-4-14(19)11-17-18-15(20)10-12-5-7-13(16)8-6-12/h3-9,11H,2,10H2,1H3,(H,18,20)/b17-11+. The highest BCUT2D eigenvalue weighted by Crippen LogP contribution is 2.03. The molecule has 0 unspecified atom stereocenters. The smallest absolute Gasteiger partial charge is 0.244 e. The first-order chi connectivity index (χ1) is 9.69. The summed E-state index contributed by atoms with van der Waals surface area (Å²) < 4.78 is 14.7. The first-order valence-corrected chi connectivity index (χ1v) is 6.40. The third-order valence-corrected chi connectivity index (χ3v) is 2.87. The van der Waals surface area contributed by atoms with Gasteiger partial charge in [0.05, 0.1) is 18.3 Å². The summed E-state index contributed by atoms with van der Waals surface area (Å²) in [5.41, 5.74) is 4.13. The molecule has 0 aliphatic heterocycles. The lowest BCUT2D eigenvalue weighted by atomic mass is 10.1. The summed E-state index contributed by atoms with van der Waals surface area (Å²) in [6.07, 6.45) is 3.72. The van der Waals surface area contributed by atoms with Gasteiger partial charge in [0.1, 0.15) is 5.82 Å². The van der Waals surface area contributed by atoms with Gasteiger partial charge in [-0.05, 0) is 36.8 Å². The van der Waals surface area contributed by atoms with Crippen LogP contribution in [0.5, 0.6) is 0 Å². The molecule has 0 saturated carbocycles. The molecule has 0 aliphatic rings. The van der Waals surface area contributed by atoms with Gasteiger partial charge in [0, 0.05) is 12.7 Å². The number of rotatable bonds is 5. The van der Waals surface area contributed by atoms with Crippen LogP contribution >= 0.6 is 0 Å². The molecule has 0 saturated heterocycles. The van der Waals surface area contributed by atoms with Crippen LogP contribution in [-0.4, -0.2) is 16.7 Å². The summed E-state index contributed by atoms with van der Waals surface area (Å²) in [5, 5.41) is 3.92. The predicted molar refractivity (Wildman–Crippen MR) is 75.9 cm³/mol. The second kappa shape index (κ2) is 6.65. The van der Waals surface area contributed by atoms with Crippen LogP contribution in [0, 0.1) is 5.82 Å². The van der Waals surface area contributed by atoms with Crippen LogP contribution in [0.4, 0.5) is 4.39 Å². The Hall–Kier alpha value is -2.43. The summed E-state index contributed by atoms with van der Waals surface area (Å²) in [6, 6.07) is 9.67. The number of halogens is 1. The van der Waals surface area contributed by atoms with Gasteiger partial charge in [0.15, 0.2) is 0 Å². The maximum absolute atomic E-state index is 12.7. The third-order valence-electron chi connectivity index (χ3n) is 2.87. The zero-order valence-electron chi connectivity index (χ0n) is 11.2. The van der Waals surface area contributed by atoms with Crippen molar-refractivity contribution in [3.63, 3.8) is 0 Å². The van der Waals surface area contributed by atoms with Crippen LogP contribution in [0.25, 0.3) is 0 Å². The van der Waals surface area contributed by atoms with Gasteiger partial charge < -0.3 is 4.57 Å². The van der Waals surface area contributed by atoms with E-state index in [1.165, 1.54) is 12.1 Å². The molecule has 104 valence electrons. The molecule has 20 heavy (non-hydrogen) atoms. The van der Waals surface area contributed by atoms with Crippen molar-refractivity contribution in [3.8, 4) is 0 Å². The van der Waals surface area contributed by atoms with Crippen molar-refractivity contribution in [2.45, 2.75) is 19.9 Å². The third kappa shape index (κ3) is 3.78. The van der Waals surface area contributed by atoms with Crippen molar-refractivity contribution in [1.29, 1.82) is 0 Å².